The Labute approximate surface area is 462 Å². The highest BCUT2D eigenvalue weighted by atomic mass is 16.4. The van der Waals surface area contributed by atoms with E-state index in [1.807, 2.05) is 0 Å². The molecule has 22 N–H and O–H groups in total. The molecular weight excluding hydrogens is 1030 g/mol. The second-order valence-corrected chi connectivity index (χ2v) is 20.3. The number of rotatable bonds is 42. The van der Waals surface area contributed by atoms with E-state index in [1.165, 1.54) is 20.8 Å². The summed E-state index contributed by atoms with van der Waals surface area (Å²) in [5.74, 6) is -11.8. The fraction of sp³-hybridized carbons (Fsp3) is 0.760. The lowest BCUT2D eigenvalue weighted by atomic mass is 10.0. The van der Waals surface area contributed by atoms with Crippen LogP contribution < -0.4 is 81.8 Å². The van der Waals surface area contributed by atoms with E-state index in [9.17, 15) is 67.7 Å². The van der Waals surface area contributed by atoms with Crippen LogP contribution >= 0.6 is 0 Å². The summed E-state index contributed by atoms with van der Waals surface area (Å²) in [7, 11) is 0. The zero-order valence-electron chi connectivity index (χ0n) is 47.0. The van der Waals surface area contributed by atoms with Crippen molar-refractivity contribution in [1.29, 1.82) is 0 Å². The summed E-state index contributed by atoms with van der Waals surface area (Å²) in [6, 6.07) is -12.9. The standard InChI is InChI=1S/C50H93N15O14/c1-27(2)24-36(63-42(70)30(6)58-45(73)33(17-9-13-21-52)60-38(66)26-56-41(69)29(5)57-44(72)32(55)16-8-12-20-51)48(76)61-34(18-10-14-22-53)46(74)64-37(25-39(67)68)47(75)59-31(7)43(71)65-40(28(3)4)49(77)62-35(50(78)79)19-11-15-23-54/h27-37,40H,8-26,51-55H2,1-7H3,(H,56,69)(H,57,72)(H,58,73)(H,59,75)(H,60,66)(H,61,76)(H,62,77)(H,63,70)(H,64,74)(H,65,71)(H,67,68)(H,78,79)/t29-,30-,31-,32-,33-,34-,35-,36-,37-,40-/m0/s1. The minimum atomic E-state index is -1.80. The number of carboxylic acids is 2. The number of carbonyl (C=O) groups excluding carboxylic acids is 10. The van der Waals surface area contributed by atoms with Crippen LogP contribution in [0.4, 0.5) is 0 Å². The van der Waals surface area contributed by atoms with Crippen molar-refractivity contribution < 1.29 is 67.7 Å². The number of nitrogens with two attached hydrogens (primary N) is 5. The molecular formula is C50H93N15O14. The summed E-state index contributed by atoms with van der Waals surface area (Å²) in [6.07, 6.45) is 3.32. The van der Waals surface area contributed by atoms with Gasteiger partial charge in [-0.25, -0.2) is 4.79 Å². The molecule has 0 saturated heterocycles. The Kier molecular flexibility index (Phi) is 36.4. The molecule has 0 aliphatic carbocycles. The van der Waals surface area contributed by atoms with Gasteiger partial charge in [-0.3, -0.25) is 52.7 Å². The molecule has 0 bridgehead atoms. The van der Waals surface area contributed by atoms with Gasteiger partial charge >= 0.3 is 11.9 Å². The number of hydrogen-bond donors (Lipinski definition) is 17. The van der Waals surface area contributed by atoms with Gasteiger partial charge in [0.15, 0.2) is 0 Å². The highest BCUT2D eigenvalue weighted by Crippen LogP contribution is 2.11. The monoisotopic (exact) mass is 1130 g/mol. The molecule has 0 radical (unpaired) electrons. The van der Waals surface area contributed by atoms with Gasteiger partial charge in [-0.15, -0.1) is 0 Å². The van der Waals surface area contributed by atoms with Crippen LogP contribution in [0.15, 0.2) is 0 Å². The third-order valence-electron chi connectivity index (χ3n) is 12.3. The SMILES string of the molecule is CC(C)C[C@H](NC(=O)[C@H](C)NC(=O)[C@H](CCCCN)NC(=O)CNC(=O)[C@H](C)NC(=O)[C@@H](N)CCCCN)C(=O)N[C@@H](CCCCN)C(=O)N[C@@H](CC(=O)O)C(=O)N[C@@H](C)C(=O)N[C@H](C(=O)N[C@@H](CCCCN)C(=O)O)C(C)C. The lowest BCUT2D eigenvalue weighted by Crippen LogP contribution is -2.60. The van der Waals surface area contributed by atoms with Crippen molar-refractivity contribution in [1.82, 2.24) is 53.2 Å². The van der Waals surface area contributed by atoms with Crippen molar-refractivity contribution >= 4 is 71.0 Å². The summed E-state index contributed by atoms with van der Waals surface area (Å²) in [5.41, 5.74) is 28.2. The van der Waals surface area contributed by atoms with Gasteiger partial charge in [0.25, 0.3) is 0 Å². The number of carbonyl (C=O) groups is 12. The molecule has 0 aliphatic heterocycles. The molecule has 79 heavy (non-hydrogen) atoms. The van der Waals surface area contributed by atoms with E-state index in [-0.39, 0.29) is 51.1 Å². The molecule has 0 rings (SSSR count). The van der Waals surface area contributed by atoms with E-state index in [2.05, 4.69) is 53.2 Å². The van der Waals surface area contributed by atoms with Crippen molar-refractivity contribution in [2.75, 3.05) is 32.7 Å². The van der Waals surface area contributed by atoms with E-state index < -0.39 is 150 Å². The summed E-state index contributed by atoms with van der Waals surface area (Å²) in [5, 5.41) is 44.1. The first-order valence-electron chi connectivity index (χ1n) is 27.1. The number of amides is 10. The fourth-order valence-electron chi connectivity index (χ4n) is 7.63. The summed E-state index contributed by atoms with van der Waals surface area (Å²) >= 11 is 0. The lowest BCUT2D eigenvalue weighted by molar-refractivity contribution is -0.143. The smallest absolute Gasteiger partial charge is 0.326 e. The fourth-order valence-corrected chi connectivity index (χ4v) is 7.63. The van der Waals surface area contributed by atoms with Crippen LogP contribution in [-0.2, 0) is 57.5 Å². The van der Waals surface area contributed by atoms with Crippen LogP contribution in [0, 0.1) is 11.8 Å². The number of unbranched alkanes of at least 4 members (excludes halogenated alkanes) is 4. The van der Waals surface area contributed by atoms with Gasteiger partial charge in [-0.2, -0.15) is 0 Å². The van der Waals surface area contributed by atoms with Crippen molar-refractivity contribution in [3.63, 3.8) is 0 Å². The van der Waals surface area contributed by atoms with Crippen molar-refractivity contribution in [2.24, 2.45) is 40.5 Å². The maximum absolute atomic E-state index is 14.0. The van der Waals surface area contributed by atoms with E-state index in [0.29, 0.717) is 64.5 Å². The van der Waals surface area contributed by atoms with Crippen LogP contribution in [0.2, 0.25) is 0 Å². The molecule has 29 nitrogen and oxygen atoms in total. The molecule has 10 amide bonds. The normalized spacial score (nSPS) is 15.0. The maximum Gasteiger partial charge on any atom is 0.326 e. The third-order valence-corrected chi connectivity index (χ3v) is 12.3. The Hall–Kier alpha value is -6.56. The molecule has 0 unspecified atom stereocenters. The maximum atomic E-state index is 14.0. The number of hydrogen-bond acceptors (Lipinski definition) is 17. The van der Waals surface area contributed by atoms with Gasteiger partial charge in [-0.05, 0) is 136 Å². The Morgan fingerprint density at radius 1 is 0.392 bits per heavy atom. The quantitative estimate of drug-likeness (QED) is 0.0257. The third kappa shape index (κ3) is 30.4. The lowest BCUT2D eigenvalue weighted by Gasteiger charge is -2.28. The van der Waals surface area contributed by atoms with Crippen molar-refractivity contribution in [3.8, 4) is 0 Å². The molecule has 0 aliphatic rings. The minimum Gasteiger partial charge on any atom is -0.481 e. The summed E-state index contributed by atoms with van der Waals surface area (Å²) < 4.78 is 0. The van der Waals surface area contributed by atoms with Gasteiger partial charge in [0, 0.05) is 0 Å². The van der Waals surface area contributed by atoms with Gasteiger partial charge in [0.1, 0.15) is 54.4 Å². The number of carboxylic acid groups (broad SMARTS) is 2. The molecule has 0 heterocycles. The van der Waals surface area contributed by atoms with Crippen molar-refractivity contribution in [3.05, 3.63) is 0 Å². The molecule has 0 aromatic heterocycles. The van der Waals surface area contributed by atoms with Crippen LogP contribution in [0.25, 0.3) is 0 Å². The molecule has 452 valence electrons. The van der Waals surface area contributed by atoms with Crippen LogP contribution in [0.5, 0.6) is 0 Å². The Morgan fingerprint density at radius 2 is 0.772 bits per heavy atom. The molecule has 0 aromatic carbocycles. The van der Waals surface area contributed by atoms with Gasteiger partial charge in [0.2, 0.25) is 59.1 Å². The van der Waals surface area contributed by atoms with Crippen molar-refractivity contribution in [2.45, 2.75) is 199 Å². The minimum absolute atomic E-state index is 0.0288. The molecule has 29 heteroatoms. The number of aliphatic carboxylic acids is 2. The molecule has 0 spiro atoms. The van der Waals surface area contributed by atoms with Crippen LogP contribution in [0.1, 0.15) is 138 Å². The highest BCUT2D eigenvalue weighted by molar-refractivity contribution is 5.99. The first-order chi connectivity index (χ1) is 37.1. The second-order valence-electron chi connectivity index (χ2n) is 20.3. The average Bonchev–Trinajstić information content (AvgIpc) is 3.37. The van der Waals surface area contributed by atoms with E-state index in [1.54, 1.807) is 27.7 Å². The molecule has 10 atom stereocenters. The highest BCUT2D eigenvalue weighted by Gasteiger charge is 2.35. The van der Waals surface area contributed by atoms with Gasteiger partial charge in [0.05, 0.1) is 19.0 Å². The molecule has 0 aromatic rings. The van der Waals surface area contributed by atoms with E-state index in [4.69, 9.17) is 28.7 Å². The number of nitrogens with one attached hydrogen (secondary N) is 10. The predicted octanol–water partition coefficient (Wildman–Crippen LogP) is -4.37. The Bertz CT molecular complexity index is 2000. The molecule has 0 saturated carbocycles. The van der Waals surface area contributed by atoms with Gasteiger partial charge in [-0.1, -0.05) is 34.1 Å². The molecule has 0 fully saturated rings. The largest absolute Gasteiger partial charge is 0.481 e. The first kappa shape index (κ1) is 72.4. The Balaban J connectivity index is 6.13. The predicted molar refractivity (Wildman–Crippen MR) is 291 cm³/mol. The van der Waals surface area contributed by atoms with Crippen LogP contribution in [0.3, 0.4) is 0 Å². The Morgan fingerprint density at radius 3 is 1.24 bits per heavy atom. The first-order valence-corrected chi connectivity index (χ1v) is 27.1. The topological polar surface area (TPSA) is 496 Å². The van der Waals surface area contributed by atoms with Gasteiger partial charge < -0.3 is 92.0 Å². The van der Waals surface area contributed by atoms with E-state index >= 15 is 0 Å². The summed E-state index contributed by atoms with van der Waals surface area (Å²) in [4.78, 5) is 157. The zero-order valence-corrected chi connectivity index (χ0v) is 47.0. The second kappa shape index (κ2) is 39.7. The average molecular weight is 1130 g/mol. The van der Waals surface area contributed by atoms with E-state index in [0.717, 1.165) is 0 Å². The summed E-state index contributed by atoms with van der Waals surface area (Å²) in [6.45, 7) is 11.4. The zero-order chi connectivity index (χ0) is 60.4. The van der Waals surface area contributed by atoms with Crippen LogP contribution in [-0.4, -0.2) is 174 Å².